The maximum Gasteiger partial charge on any atom is 0.321 e. The molecule has 1 heterocycles. The zero-order valence-electron chi connectivity index (χ0n) is 9.00. The highest BCUT2D eigenvalue weighted by Gasteiger charge is 2.42. The highest BCUT2D eigenvalue weighted by molar-refractivity contribution is 5.86. The van der Waals surface area contributed by atoms with E-state index < -0.39 is 18.0 Å². The summed E-state index contributed by atoms with van der Waals surface area (Å²) in [6, 6.07) is 8.63. The summed E-state index contributed by atoms with van der Waals surface area (Å²) >= 11 is 0. The van der Waals surface area contributed by atoms with E-state index >= 15 is 0 Å². The van der Waals surface area contributed by atoms with E-state index in [9.17, 15) is 15.0 Å². The number of hydrogen-bond donors (Lipinski definition) is 3. The van der Waals surface area contributed by atoms with Crippen molar-refractivity contribution in [3.8, 4) is 0 Å². The monoisotopic (exact) mass is 232 g/mol. The summed E-state index contributed by atoms with van der Waals surface area (Å²) in [5.74, 6) is -1.10. The molecule has 0 fully saturated rings. The third kappa shape index (κ3) is 1.70. The summed E-state index contributed by atoms with van der Waals surface area (Å²) in [5.41, 5.74) is -0.510. The molecular formula is C12H12N2O3. The van der Waals surface area contributed by atoms with E-state index in [1.54, 1.807) is 30.3 Å². The van der Waals surface area contributed by atoms with Crippen LogP contribution in [0.15, 0.2) is 42.7 Å². The SMILES string of the molecule is O=C(O)C(CO)(c1ccccc1)c1cn[nH]c1. The van der Waals surface area contributed by atoms with Crippen molar-refractivity contribution in [2.45, 2.75) is 5.41 Å². The number of rotatable bonds is 4. The number of aliphatic hydroxyl groups excluding tert-OH is 1. The zero-order valence-corrected chi connectivity index (χ0v) is 9.00. The largest absolute Gasteiger partial charge is 0.480 e. The Bertz CT molecular complexity index is 496. The van der Waals surface area contributed by atoms with Crippen LogP contribution in [-0.4, -0.2) is 33.0 Å². The molecular weight excluding hydrogens is 220 g/mol. The Labute approximate surface area is 97.7 Å². The first kappa shape index (κ1) is 11.3. The van der Waals surface area contributed by atoms with Crippen LogP contribution in [0, 0.1) is 0 Å². The Kier molecular flexibility index (Phi) is 2.93. The summed E-state index contributed by atoms with van der Waals surface area (Å²) in [4.78, 5) is 11.5. The lowest BCUT2D eigenvalue weighted by atomic mass is 9.76. The number of aliphatic carboxylic acids is 1. The Morgan fingerprint density at radius 2 is 2.00 bits per heavy atom. The molecule has 3 N–H and O–H groups in total. The first-order valence-corrected chi connectivity index (χ1v) is 5.11. The summed E-state index contributed by atoms with van der Waals surface area (Å²) in [6.07, 6.45) is 2.90. The highest BCUT2D eigenvalue weighted by Crippen LogP contribution is 2.31. The average Bonchev–Trinajstić information content (AvgIpc) is 2.86. The number of benzene rings is 1. The molecule has 5 nitrogen and oxygen atoms in total. The molecule has 2 aromatic rings. The molecule has 0 radical (unpaired) electrons. The van der Waals surface area contributed by atoms with Gasteiger partial charge < -0.3 is 10.2 Å². The number of aromatic amines is 1. The lowest BCUT2D eigenvalue weighted by molar-refractivity contribution is -0.143. The number of nitrogens with zero attached hydrogens (tertiary/aromatic N) is 1. The molecule has 0 saturated heterocycles. The molecule has 0 amide bonds. The molecule has 1 aromatic heterocycles. The van der Waals surface area contributed by atoms with Crippen LogP contribution >= 0.6 is 0 Å². The predicted molar refractivity (Wildman–Crippen MR) is 60.5 cm³/mol. The van der Waals surface area contributed by atoms with E-state index in [0.29, 0.717) is 11.1 Å². The maximum atomic E-state index is 11.5. The van der Waals surface area contributed by atoms with Crippen LogP contribution in [0.1, 0.15) is 11.1 Å². The normalized spacial score (nSPS) is 14.2. The quantitative estimate of drug-likeness (QED) is 0.726. The minimum absolute atomic E-state index is 0.429. The van der Waals surface area contributed by atoms with Gasteiger partial charge in [0.25, 0.3) is 0 Å². The Morgan fingerprint density at radius 3 is 2.47 bits per heavy atom. The molecule has 0 aliphatic heterocycles. The fourth-order valence-corrected chi connectivity index (χ4v) is 1.87. The van der Waals surface area contributed by atoms with E-state index in [4.69, 9.17) is 0 Å². The van der Waals surface area contributed by atoms with Crippen molar-refractivity contribution in [1.82, 2.24) is 10.2 Å². The first-order chi connectivity index (χ1) is 8.21. The van der Waals surface area contributed by atoms with Gasteiger partial charge in [0.1, 0.15) is 5.41 Å². The predicted octanol–water partition coefficient (Wildman–Crippen LogP) is 0.773. The number of carboxylic acids is 1. The second kappa shape index (κ2) is 4.39. The topological polar surface area (TPSA) is 86.2 Å². The zero-order chi connectivity index (χ0) is 12.3. The van der Waals surface area contributed by atoms with E-state index in [0.717, 1.165) is 0 Å². The molecule has 0 aliphatic rings. The molecule has 0 aliphatic carbocycles. The molecule has 0 bridgehead atoms. The first-order valence-electron chi connectivity index (χ1n) is 5.11. The summed E-state index contributed by atoms with van der Waals surface area (Å²) in [7, 11) is 0. The van der Waals surface area contributed by atoms with Gasteiger partial charge in [-0.15, -0.1) is 0 Å². The number of aliphatic hydroxyl groups is 1. The fourth-order valence-electron chi connectivity index (χ4n) is 1.87. The molecule has 1 unspecified atom stereocenters. The second-order valence-electron chi connectivity index (χ2n) is 3.72. The Balaban J connectivity index is 2.63. The molecule has 1 atom stereocenters. The molecule has 0 spiro atoms. The molecule has 17 heavy (non-hydrogen) atoms. The second-order valence-corrected chi connectivity index (χ2v) is 3.72. The number of carboxylic acid groups (broad SMARTS) is 1. The Hall–Kier alpha value is -2.14. The average molecular weight is 232 g/mol. The van der Waals surface area contributed by atoms with Crippen molar-refractivity contribution in [1.29, 1.82) is 0 Å². The third-order valence-corrected chi connectivity index (χ3v) is 2.86. The van der Waals surface area contributed by atoms with Gasteiger partial charge in [-0.3, -0.25) is 9.89 Å². The molecule has 88 valence electrons. The summed E-state index contributed by atoms with van der Waals surface area (Å²) in [5, 5.41) is 25.3. The van der Waals surface area contributed by atoms with Gasteiger partial charge in [-0.25, -0.2) is 0 Å². The van der Waals surface area contributed by atoms with Crippen molar-refractivity contribution < 1.29 is 15.0 Å². The summed E-state index contributed by atoms with van der Waals surface area (Å²) < 4.78 is 0. The standard InChI is InChI=1S/C12H12N2O3/c15-8-12(11(16)17,10-6-13-14-7-10)9-4-2-1-3-5-9/h1-7,15H,8H2,(H,13,14)(H,16,17). The van der Waals surface area contributed by atoms with Crippen LogP contribution in [0.4, 0.5) is 0 Å². The van der Waals surface area contributed by atoms with E-state index in [1.807, 2.05) is 0 Å². The maximum absolute atomic E-state index is 11.5. The Morgan fingerprint density at radius 1 is 1.29 bits per heavy atom. The number of H-pyrrole nitrogens is 1. The van der Waals surface area contributed by atoms with Gasteiger partial charge in [0.05, 0.1) is 12.8 Å². The summed E-state index contributed by atoms with van der Waals surface area (Å²) in [6.45, 7) is -0.522. The minimum Gasteiger partial charge on any atom is -0.480 e. The van der Waals surface area contributed by atoms with Gasteiger partial charge in [0.15, 0.2) is 0 Å². The number of hydrogen-bond acceptors (Lipinski definition) is 3. The van der Waals surface area contributed by atoms with Crippen molar-refractivity contribution >= 4 is 5.97 Å². The molecule has 2 rings (SSSR count). The van der Waals surface area contributed by atoms with Crippen molar-refractivity contribution in [2.24, 2.45) is 0 Å². The number of nitrogens with one attached hydrogen (secondary N) is 1. The van der Waals surface area contributed by atoms with Crippen LogP contribution < -0.4 is 0 Å². The number of aromatic nitrogens is 2. The van der Waals surface area contributed by atoms with Gasteiger partial charge in [-0.2, -0.15) is 5.10 Å². The highest BCUT2D eigenvalue weighted by atomic mass is 16.4. The minimum atomic E-state index is -1.46. The number of carbonyl (C=O) groups is 1. The van der Waals surface area contributed by atoms with Crippen molar-refractivity contribution in [3.05, 3.63) is 53.9 Å². The van der Waals surface area contributed by atoms with Crippen LogP contribution in [0.5, 0.6) is 0 Å². The fraction of sp³-hybridized carbons (Fsp3) is 0.167. The van der Waals surface area contributed by atoms with E-state index in [1.165, 1.54) is 12.4 Å². The smallest absolute Gasteiger partial charge is 0.321 e. The third-order valence-electron chi connectivity index (χ3n) is 2.86. The van der Waals surface area contributed by atoms with Crippen LogP contribution in [0.3, 0.4) is 0 Å². The van der Waals surface area contributed by atoms with Gasteiger partial charge in [-0.1, -0.05) is 30.3 Å². The molecule has 1 aromatic carbocycles. The van der Waals surface area contributed by atoms with E-state index in [2.05, 4.69) is 10.2 Å². The molecule has 5 heteroatoms. The van der Waals surface area contributed by atoms with E-state index in [-0.39, 0.29) is 0 Å². The van der Waals surface area contributed by atoms with Crippen molar-refractivity contribution in [3.63, 3.8) is 0 Å². The van der Waals surface area contributed by atoms with Gasteiger partial charge >= 0.3 is 5.97 Å². The van der Waals surface area contributed by atoms with Crippen molar-refractivity contribution in [2.75, 3.05) is 6.61 Å². The van der Waals surface area contributed by atoms with Gasteiger partial charge in [0.2, 0.25) is 0 Å². The van der Waals surface area contributed by atoms with Gasteiger partial charge in [-0.05, 0) is 5.56 Å². The van der Waals surface area contributed by atoms with Crippen LogP contribution in [0.25, 0.3) is 0 Å². The van der Waals surface area contributed by atoms with Crippen LogP contribution in [-0.2, 0) is 10.2 Å². The lowest BCUT2D eigenvalue weighted by Crippen LogP contribution is -2.40. The molecule has 0 saturated carbocycles. The van der Waals surface area contributed by atoms with Crippen LogP contribution in [0.2, 0.25) is 0 Å². The lowest BCUT2D eigenvalue weighted by Gasteiger charge is -2.26. The van der Waals surface area contributed by atoms with Gasteiger partial charge in [0, 0.05) is 11.8 Å².